The summed E-state index contributed by atoms with van der Waals surface area (Å²) >= 11 is 0. The zero-order valence-corrected chi connectivity index (χ0v) is 21.1. The largest absolute Gasteiger partial charge is 0.422 e. The van der Waals surface area contributed by atoms with Crippen molar-refractivity contribution in [3.8, 4) is 16.9 Å². The number of hydrogen-bond donors (Lipinski definition) is 2. The summed E-state index contributed by atoms with van der Waals surface area (Å²) < 4.78 is 44.5. The van der Waals surface area contributed by atoms with Gasteiger partial charge in [-0.15, -0.1) is 0 Å². The molecular formula is C31H22F3N3O3. The predicted octanol–water partition coefficient (Wildman–Crippen LogP) is 7.15. The zero-order valence-electron chi connectivity index (χ0n) is 21.1. The number of halogens is 3. The maximum atomic E-state index is 13.2. The molecule has 1 aromatic heterocycles. The van der Waals surface area contributed by atoms with E-state index in [2.05, 4.69) is 15.5 Å². The third-order valence-corrected chi connectivity index (χ3v) is 6.16. The Kier molecular flexibility index (Phi) is 7.20. The van der Waals surface area contributed by atoms with Crippen LogP contribution in [0.3, 0.4) is 0 Å². The Morgan fingerprint density at radius 3 is 2.42 bits per heavy atom. The van der Waals surface area contributed by atoms with Crippen LogP contribution in [0.15, 0.2) is 102 Å². The molecule has 4 aromatic carbocycles. The minimum Gasteiger partial charge on any atom is -0.422 e. The first-order chi connectivity index (χ1) is 19.2. The number of para-hydroxylation sites is 1. The number of nitrogens with one attached hydrogen (secondary N) is 2. The fourth-order valence-corrected chi connectivity index (χ4v) is 4.26. The molecule has 9 heteroatoms. The summed E-state index contributed by atoms with van der Waals surface area (Å²) in [7, 11) is 0. The van der Waals surface area contributed by atoms with Crippen LogP contribution in [0.1, 0.15) is 37.5 Å². The standard InChI is InChI=1S/C31H22F3N3O3/c1-19-14-15-25-24(16-19)27(20-8-3-2-4-9-20)28(36-25)29(38)37-35-18-22-10-5-6-13-26(22)40-30(39)21-11-7-12-23(17-21)31(32,33)34/h2-18,36H,1H3,(H,37,38). The van der Waals surface area contributed by atoms with Gasteiger partial charge in [0.25, 0.3) is 5.91 Å². The number of hydrogen-bond acceptors (Lipinski definition) is 4. The molecule has 0 saturated carbocycles. The first-order valence-electron chi connectivity index (χ1n) is 12.2. The lowest BCUT2D eigenvalue weighted by molar-refractivity contribution is -0.137. The van der Waals surface area contributed by atoms with Crippen LogP contribution in [0, 0.1) is 6.92 Å². The third kappa shape index (κ3) is 5.63. The van der Waals surface area contributed by atoms with Crippen molar-refractivity contribution < 1.29 is 27.5 Å². The molecule has 40 heavy (non-hydrogen) atoms. The van der Waals surface area contributed by atoms with Gasteiger partial charge in [-0.3, -0.25) is 4.79 Å². The Morgan fingerprint density at radius 1 is 0.900 bits per heavy atom. The van der Waals surface area contributed by atoms with Gasteiger partial charge in [0.15, 0.2) is 0 Å². The minimum absolute atomic E-state index is 0.0639. The van der Waals surface area contributed by atoms with Crippen molar-refractivity contribution in [3.05, 3.63) is 125 Å². The average Bonchev–Trinajstić information content (AvgIpc) is 3.32. The number of nitrogens with zero attached hydrogens (tertiary/aromatic N) is 1. The van der Waals surface area contributed by atoms with E-state index >= 15 is 0 Å². The molecule has 5 aromatic rings. The van der Waals surface area contributed by atoms with Crippen molar-refractivity contribution in [2.75, 3.05) is 0 Å². The van der Waals surface area contributed by atoms with Gasteiger partial charge in [-0.1, -0.05) is 60.2 Å². The van der Waals surface area contributed by atoms with Crippen molar-refractivity contribution in [1.82, 2.24) is 10.4 Å². The van der Waals surface area contributed by atoms with E-state index in [1.54, 1.807) is 18.2 Å². The van der Waals surface area contributed by atoms with Crippen molar-refractivity contribution in [2.24, 2.45) is 5.10 Å². The molecule has 0 aliphatic heterocycles. The number of alkyl halides is 3. The zero-order chi connectivity index (χ0) is 28.3. The fourth-order valence-electron chi connectivity index (χ4n) is 4.26. The van der Waals surface area contributed by atoms with Gasteiger partial charge in [0.05, 0.1) is 17.3 Å². The van der Waals surface area contributed by atoms with Gasteiger partial charge >= 0.3 is 12.1 Å². The Morgan fingerprint density at radius 2 is 1.65 bits per heavy atom. The minimum atomic E-state index is -4.59. The number of benzene rings is 4. The summed E-state index contributed by atoms with van der Waals surface area (Å²) in [5.74, 6) is -1.38. The number of H-pyrrole nitrogens is 1. The van der Waals surface area contributed by atoms with Crippen LogP contribution in [-0.2, 0) is 6.18 Å². The molecule has 0 bridgehead atoms. The number of esters is 1. The number of fused-ring (bicyclic) bond motifs is 1. The van der Waals surface area contributed by atoms with Gasteiger partial charge in [-0.05, 0) is 55.0 Å². The summed E-state index contributed by atoms with van der Waals surface area (Å²) in [6, 6.07) is 25.7. The van der Waals surface area contributed by atoms with Crippen LogP contribution >= 0.6 is 0 Å². The summed E-state index contributed by atoms with van der Waals surface area (Å²) in [5, 5.41) is 4.94. The van der Waals surface area contributed by atoms with E-state index in [1.165, 1.54) is 18.3 Å². The number of carbonyl (C=O) groups excluding carboxylic acids is 2. The van der Waals surface area contributed by atoms with Gasteiger partial charge in [0.1, 0.15) is 11.4 Å². The summed E-state index contributed by atoms with van der Waals surface area (Å²) in [6.07, 6.45) is -3.30. The highest BCUT2D eigenvalue weighted by Crippen LogP contribution is 2.33. The van der Waals surface area contributed by atoms with E-state index in [9.17, 15) is 22.8 Å². The molecule has 1 heterocycles. The van der Waals surface area contributed by atoms with Gasteiger partial charge < -0.3 is 9.72 Å². The van der Waals surface area contributed by atoms with Crippen LogP contribution in [0.2, 0.25) is 0 Å². The molecule has 0 saturated heterocycles. The molecule has 0 aliphatic rings. The first-order valence-corrected chi connectivity index (χ1v) is 12.2. The molecule has 0 aliphatic carbocycles. The molecule has 0 radical (unpaired) electrons. The number of rotatable bonds is 6. The summed E-state index contributed by atoms with van der Waals surface area (Å²) in [5.41, 5.74) is 5.40. The number of carbonyl (C=O) groups is 2. The van der Waals surface area contributed by atoms with Crippen LogP contribution in [0.25, 0.3) is 22.0 Å². The Labute approximate surface area is 227 Å². The number of aromatic amines is 1. The third-order valence-electron chi connectivity index (χ3n) is 6.16. The smallest absolute Gasteiger partial charge is 0.416 e. The van der Waals surface area contributed by atoms with Gasteiger partial charge in [0.2, 0.25) is 0 Å². The highest BCUT2D eigenvalue weighted by atomic mass is 19.4. The predicted molar refractivity (Wildman–Crippen MR) is 146 cm³/mol. The van der Waals surface area contributed by atoms with E-state index in [4.69, 9.17) is 4.74 Å². The van der Waals surface area contributed by atoms with Crippen molar-refractivity contribution in [2.45, 2.75) is 13.1 Å². The normalized spacial score (nSPS) is 11.6. The second-order valence-electron chi connectivity index (χ2n) is 9.00. The SMILES string of the molecule is Cc1ccc2[nH]c(C(=O)NN=Cc3ccccc3OC(=O)c3cccc(C(F)(F)F)c3)c(-c3ccccc3)c2c1. The van der Waals surface area contributed by atoms with Crippen LogP contribution in [-0.4, -0.2) is 23.1 Å². The molecule has 2 N–H and O–H groups in total. The lowest BCUT2D eigenvalue weighted by atomic mass is 10.0. The lowest BCUT2D eigenvalue weighted by Crippen LogP contribution is -2.19. The molecule has 0 unspecified atom stereocenters. The summed E-state index contributed by atoms with van der Waals surface area (Å²) in [6.45, 7) is 1.97. The van der Waals surface area contributed by atoms with E-state index < -0.39 is 23.6 Å². The maximum Gasteiger partial charge on any atom is 0.416 e. The van der Waals surface area contributed by atoms with Crippen molar-refractivity contribution in [3.63, 3.8) is 0 Å². The van der Waals surface area contributed by atoms with Gasteiger partial charge in [-0.2, -0.15) is 18.3 Å². The van der Waals surface area contributed by atoms with Crippen molar-refractivity contribution >= 4 is 29.0 Å². The van der Waals surface area contributed by atoms with E-state index in [0.29, 0.717) is 11.3 Å². The molecular weight excluding hydrogens is 519 g/mol. The Hall–Kier alpha value is -5.18. The van der Waals surface area contributed by atoms with Crippen molar-refractivity contribution in [1.29, 1.82) is 0 Å². The topological polar surface area (TPSA) is 83.6 Å². The highest BCUT2D eigenvalue weighted by Gasteiger charge is 2.31. The van der Waals surface area contributed by atoms with Gasteiger partial charge in [-0.25, -0.2) is 10.2 Å². The van der Waals surface area contributed by atoms with Crippen LogP contribution < -0.4 is 10.2 Å². The molecule has 1 amide bonds. The maximum absolute atomic E-state index is 13.2. The van der Waals surface area contributed by atoms with E-state index in [-0.39, 0.29) is 11.3 Å². The molecule has 0 spiro atoms. The number of ether oxygens (including phenoxy) is 1. The molecule has 5 rings (SSSR count). The second kappa shape index (κ2) is 10.9. The molecule has 6 nitrogen and oxygen atoms in total. The van der Waals surface area contributed by atoms with Crippen LogP contribution in [0.5, 0.6) is 5.75 Å². The fraction of sp³-hybridized carbons (Fsp3) is 0.0645. The highest BCUT2D eigenvalue weighted by molar-refractivity contribution is 6.10. The number of aromatic nitrogens is 1. The Balaban J connectivity index is 1.37. The van der Waals surface area contributed by atoms with Gasteiger partial charge in [0, 0.05) is 22.0 Å². The number of aryl methyl sites for hydroxylation is 1. The van der Waals surface area contributed by atoms with E-state index in [1.807, 2.05) is 55.5 Å². The molecule has 200 valence electrons. The Bertz CT molecular complexity index is 1740. The quantitative estimate of drug-likeness (QED) is 0.104. The lowest BCUT2D eigenvalue weighted by Gasteiger charge is -2.10. The average molecular weight is 542 g/mol. The van der Waals surface area contributed by atoms with E-state index in [0.717, 1.165) is 45.8 Å². The molecule has 0 atom stereocenters. The first kappa shape index (κ1) is 26.4. The number of hydrazone groups is 1. The van der Waals surface area contributed by atoms with Crippen LogP contribution in [0.4, 0.5) is 13.2 Å². The molecule has 0 fully saturated rings. The second-order valence-corrected chi connectivity index (χ2v) is 9.00. The summed E-state index contributed by atoms with van der Waals surface area (Å²) in [4.78, 5) is 29.0. The number of amides is 1. The monoisotopic (exact) mass is 541 g/mol.